The van der Waals surface area contributed by atoms with E-state index >= 15 is 0 Å². The molecule has 0 bridgehead atoms. The molecular formula is C14H16N4S. The monoisotopic (exact) mass is 272 g/mol. The third-order valence-electron chi connectivity index (χ3n) is 2.71. The summed E-state index contributed by atoms with van der Waals surface area (Å²) in [4.78, 5) is 0. The van der Waals surface area contributed by atoms with Gasteiger partial charge in [0.2, 0.25) is 0 Å². The highest BCUT2D eigenvalue weighted by atomic mass is 32.2. The van der Waals surface area contributed by atoms with Gasteiger partial charge in [0.05, 0.1) is 6.54 Å². The zero-order valence-electron chi connectivity index (χ0n) is 11.1. The summed E-state index contributed by atoms with van der Waals surface area (Å²) in [5.41, 5.74) is 7.58. The van der Waals surface area contributed by atoms with Gasteiger partial charge in [0.15, 0.2) is 5.16 Å². The van der Waals surface area contributed by atoms with Gasteiger partial charge in [-0.3, -0.25) is 0 Å². The lowest BCUT2D eigenvalue weighted by molar-refractivity contribution is 0.765. The summed E-state index contributed by atoms with van der Waals surface area (Å²) in [5.74, 6) is 7.65. The Morgan fingerprint density at radius 3 is 2.58 bits per heavy atom. The first kappa shape index (κ1) is 13.7. The highest BCUT2D eigenvalue weighted by Crippen LogP contribution is 2.20. The Hall–Kier alpha value is -1.77. The average molecular weight is 272 g/mol. The van der Waals surface area contributed by atoms with Gasteiger partial charge in [-0.05, 0) is 24.6 Å². The third kappa shape index (κ3) is 3.60. The standard InChI is InChI=1S/C14H16N4S/c1-11-16-17-14(18(11)2)19-10-13-7-5-12(6-8-13)4-3-9-15/h5-8H,9-10,15H2,1-2H3. The predicted molar refractivity (Wildman–Crippen MR) is 77.7 cm³/mol. The quantitative estimate of drug-likeness (QED) is 0.683. The zero-order chi connectivity index (χ0) is 13.7. The number of rotatable bonds is 3. The van der Waals surface area contributed by atoms with Gasteiger partial charge in [0.25, 0.3) is 0 Å². The van der Waals surface area contributed by atoms with Crippen molar-refractivity contribution in [1.82, 2.24) is 14.8 Å². The van der Waals surface area contributed by atoms with Crippen LogP contribution in [0.3, 0.4) is 0 Å². The fourth-order valence-corrected chi connectivity index (χ4v) is 2.41. The normalized spacial score (nSPS) is 10.1. The minimum absolute atomic E-state index is 0.392. The van der Waals surface area contributed by atoms with E-state index in [4.69, 9.17) is 5.73 Å². The van der Waals surface area contributed by atoms with E-state index in [9.17, 15) is 0 Å². The van der Waals surface area contributed by atoms with Crippen molar-refractivity contribution < 1.29 is 0 Å². The molecule has 98 valence electrons. The Kier molecular flexibility index (Phi) is 4.61. The van der Waals surface area contributed by atoms with Crippen molar-refractivity contribution in [3.05, 3.63) is 41.2 Å². The fraction of sp³-hybridized carbons (Fsp3) is 0.286. The molecule has 1 aromatic heterocycles. The van der Waals surface area contributed by atoms with Gasteiger partial charge < -0.3 is 10.3 Å². The maximum atomic E-state index is 5.34. The zero-order valence-corrected chi connectivity index (χ0v) is 11.9. The molecule has 0 aliphatic rings. The second-order valence-corrected chi connectivity index (χ2v) is 5.02. The number of benzene rings is 1. The van der Waals surface area contributed by atoms with Gasteiger partial charge in [-0.15, -0.1) is 10.2 Å². The summed E-state index contributed by atoms with van der Waals surface area (Å²) < 4.78 is 1.99. The van der Waals surface area contributed by atoms with Crippen LogP contribution in [0.5, 0.6) is 0 Å². The molecule has 19 heavy (non-hydrogen) atoms. The first-order valence-electron chi connectivity index (χ1n) is 5.97. The lowest BCUT2D eigenvalue weighted by Gasteiger charge is -2.02. The molecule has 0 saturated heterocycles. The number of thioether (sulfide) groups is 1. The second kappa shape index (κ2) is 6.41. The van der Waals surface area contributed by atoms with Gasteiger partial charge in [0.1, 0.15) is 5.82 Å². The van der Waals surface area contributed by atoms with Gasteiger partial charge in [0, 0.05) is 18.4 Å². The average Bonchev–Trinajstić information content (AvgIpc) is 2.75. The van der Waals surface area contributed by atoms with E-state index in [0.29, 0.717) is 6.54 Å². The molecule has 0 saturated carbocycles. The molecule has 4 nitrogen and oxygen atoms in total. The summed E-state index contributed by atoms with van der Waals surface area (Å²) in [5, 5.41) is 9.10. The summed E-state index contributed by atoms with van der Waals surface area (Å²) in [6.07, 6.45) is 0. The second-order valence-electron chi connectivity index (χ2n) is 4.08. The van der Waals surface area contributed by atoms with Crippen molar-refractivity contribution in [3.8, 4) is 11.8 Å². The van der Waals surface area contributed by atoms with E-state index in [1.54, 1.807) is 11.8 Å². The molecule has 1 heterocycles. The first-order valence-corrected chi connectivity index (χ1v) is 6.96. The Bertz CT molecular complexity index is 605. The Balaban J connectivity index is 1.98. The molecule has 5 heteroatoms. The highest BCUT2D eigenvalue weighted by Gasteiger charge is 2.05. The number of nitrogens with zero attached hydrogens (tertiary/aromatic N) is 3. The molecule has 0 atom stereocenters. The molecule has 0 spiro atoms. The van der Waals surface area contributed by atoms with E-state index in [1.165, 1.54) is 5.56 Å². The van der Waals surface area contributed by atoms with Crippen LogP contribution in [0.25, 0.3) is 0 Å². The van der Waals surface area contributed by atoms with Crippen molar-refractivity contribution >= 4 is 11.8 Å². The van der Waals surface area contributed by atoms with Crippen LogP contribution >= 0.6 is 11.8 Å². The van der Waals surface area contributed by atoms with Crippen LogP contribution in [-0.4, -0.2) is 21.3 Å². The van der Waals surface area contributed by atoms with Crippen LogP contribution < -0.4 is 5.73 Å². The van der Waals surface area contributed by atoms with E-state index in [0.717, 1.165) is 22.3 Å². The van der Waals surface area contributed by atoms with E-state index in [2.05, 4.69) is 34.2 Å². The summed E-state index contributed by atoms with van der Waals surface area (Å²) in [6, 6.07) is 8.19. The first-order chi connectivity index (χ1) is 9.20. The number of hydrogen-bond acceptors (Lipinski definition) is 4. The minimum atomic E-state index is 0.392. The minimum Gasteiger partial charge on any atom is -0.320 e. The number of aromatic nitrogens is 3. The Morgan fingerprint density at radius 2 is 2.00 bits per heavy atom. The van der Waals surface area contributed by atoms with E-state index in [-0.39, 0.29) is 0 Å². The largest absolute Gasteiger partial charge is 0.320 e. The maximum Gasteiger partial charge on any atom is 0.191 e. The van der Waals surface area contributed by atoms with Crippen molar-refractivity contribution in [2.24, 2.45) is 12.8 Å². The molecule has 0 unspecified atom stereocenters. The van der Waals surface area contributed by atoms with Crippen molar-refractivity contribution in [1.29, 1.82) is 0 Å². The molecule has 2 N–H and O–H groups in total. The van der Waals surface area contributed by atoms with Gasteiger partial charge in [-0.1, -0.05) is 35.7 Å². The number of nitrogens with two attached hydrogens (primary N) is 1. The third-order valence-corrected chi connectivity index (χ3v) is 3.80. The van der Waals surface area contributed by atoms with Crippen molar-refractivity contribution in [2.75, 3.05) is 6.54 Å². The van der Waals surface area contributed by atoms with Gasteiger partial charge in [-0.2, -0.15) is 0 Å². The predicted octanol–water partition coefficient (Wildman–Crippen LogP) is 1.73. The lowest BCUT2D eigenvalue weighted by atomic mass is 10.1. The van der Waals surface area contributed by atoms with Crippen LogP contribution in [0.1, 0.15) is 17.0 Å². The molecule has 2 rings (SSSR count). The molecule has 0 amide bonds. The van der Waals surface area contributed by atoms with Crippen LogP contribution in [0.2, 0.25) is 0 Å². The smallest absolute Gasteiger partial charge is 0.191 e. The molecule has 0 radical (unpaired) electrons. The summed E-state index contributed by atoms with van der Waals surface area (Å²) in [7, 11) is 1.98. The topological polar surface area (TPSA) is 56.7 Å². The number of aryl methyl sites for hydroxylation is 1. The number of hydrogen-bond donors (Lipinski definition) is 1. The molecule has 2 aromatic rings. The van der Waals surface area contributed by atoms with Crippen LogP contribution in [0.4, 0.5) is 0 Å². The lowest BCUT2D eigenvalue weighted by Crippen LogP contribution is -1.94. The van der Waals surface area contributed by atoms with Crippen LogP contribution in [-0.2, 0) is 12.8 Å². The Morgan fingerprint density at radius 1 is 1.26 bits per heavy atom. The SMILES string of the molecule is Cc1nnc(SCc2ccc(C#CCN)cc2)n1C. The van der Waals surface area contributed by atoms with Gasteiger partial charge >= 0.3 is 0 Å². The van der Waals surface area contributed by atoms with E-state index in [1.807, 2.05) is 30.7 Å². The summed E-state index contributed by atoms with van der Waals surface area (Å²) in [6.45, 7) is 2.34. The molecule has 0 fully saturated rings. The maximum absolute atomic E-state index is 5.34. The molecule has 1 aromatic carbocycles. The van der Waals surface area contributed by atoms with Crippen molar-refractivity contribution in [3.63, 3.8) is 0 Å². The van der Waals surface area contributed by atoms with E-state index < -0.39 is 0 Å². The highest BCUT2D eigenvalue weighted by molar-refractivity contribution is 7.98. The van der Waals surface area contributed by atoms with Gasteiger partial charge in [-0.25, -0.2) is 0 Å². The fourth-order valence-electron chi connectivity index (χ4n) is 1.50. The van der Waals surface area contributed by atoms with Crippen LogP contribution in [0.15, 0.2) is 29.4 Å². The Labute approximate surface area is 117 Å². The molecule has 0 aliphatic heterocycles. The summed E-state index contributed by atoms with van der Waals surface area (Å²) >= 11 is 1.68. The molecular weight excluding hydrogens is 256 g/mol. The molecule has 0 aliphatic carbocycles. The van der Waals surface area contributed by atoms with Crippen LogP contribution in [0, 0.1) is 18.8 Å². The van der Waals surface area contributed by atoms with Crippen molar-refractivity contribution in [2.45, 2.75) is 17.8 Å².